The van der Waals surface area contributed by atoms with Gasteiger partial charge in [0.25, 0.3) is 5.69 Å². The highest BCUT2D eigenvalue weighted by atomic mass is 16.6. The van der Waals surface area contributed by atoms with Gasteiger partial charge in [0.2, 0.25) is 5.91 Å². The zero-order valence-corrected chi connectivity index (χ0v) is 13.8. The minimum absolute atomic E-state index is 0.0626. The van der Waals surface area contributed by atoms with Crippen molar-refractivity contribution in [2.45, 2.75) is 19.3 Å². The second-order valence-electron chi connectivity index (χ2n) is 6.59. The summed E-state index contributed by atoms with van der Waals surface area (Å²) in [6.45, 7) is 3.04. The third-order valence-electron chi connectivity index (χ3n) is 5.29. The summed E-state index contributed by atoms with van der Waals surface area (Å²) in [7, 11) is 0. The first-order chi connectivity index (χ1) is 11.6. The summed E-state index contributed by atoms with van der Waals surface area (Å²) >= 11 is 0. The van der Waals surface area contributed by atoms with Gasteiger partial charge in [-0.05, 0) is 31.4 Å². The summed E-state index contributed by atoms with van der Waals surface area (Å²) in [6.07, 6.45) is 3.06. The molecule has 0 aromatic heterocycles. The number of nitro benzene ring substituents is 1. The Hall–Kier alpha value is -2.15. The maximum Gasteiger partial charge on any atom is 0.292 e. The van der Waals surface area contributed by atoms with E-state index in [-0.39, 0.29) is 22.4 Å². The van der Waals surface area contributed by atoms with Crippen LogP contribution in [0.4, 0.5) is 11.4 Å². The summed E-state index contributed by atoms with van der Waals surface area (Å²) in [4.78, 5) is 27.5. The largest absolute Gasteiger partial charge is 0.362 e. The van der Waals surface area contributed by atoms with Crippen LogP contribution in [0, 0.1) is 22.0 Å². The van der Waals surface area contributed by atoms with Crippen LogP contribution in [0.25, 0.3) is 0 Å². The standard InChI is InChI=1S/C17H24N4O3/c18-12-13-4-3-5-14(13)17(22)20-10-8-19(9-11-20)15-6-1-2-7-16(15)21(23)24/h1-2,6-7,13-14H,3-5,8-12,18H2/t13-,14-/m1/s1. The van der Waals surface area contributed by atoms with Gasteiger partial charge in [-0.1, -0.05) is 18.6 Å². The van der Waals surface area contributed by atoms with Gasteiger partial charge in [0.05, 0.1) is 4.92 Å². The number of hydrogen-bond acceptors (Lipinski definition) is 5. The van der Waals surface area contributed by atoms with Gasteiger partial charge in [-0.15, -0.1) is 0 Å². The summed E-state index contributed by atoms with van der Waals surface area (Å²) in [5.74, 6) is 0.587. The molecule has 1 aliphatic carbocycles. The van der Waals surface area contributed by atoms with E-state index in [1.54, 1.807) is 12.1 Å². The number of carbonyl (C=O) groups is 1. The molecule has 2 atom stereocenters. The van der Waals surface area contributed by atoms with Gasteiger partial charge in [-0.2, -0.15) is 0 Å². The number of rotatable bonds is 4. The van der Waals surface area contributed by atoms with Gasteiger partial charge < -0.3 is 15.5 Å². The van der Waals surface area contributed by atoms with E-state index in [0.29, 0.717) is 44.3 Å². The molecule has 2 aliphatic rings. The average molecular weight is 332 g/mol. The highest BCUT2D eigenvalue weighted by Crippen LogP contribution is 2.33. The van der Waals surface area contributed by atoms with Crippen LogP contribution in [0.3, 0.4) is 0 Å². The lowest BCUT2D eigenvalue weighted by molar-refractivity contribution is -0.384. The SMILES string of the molecule is NC[C@H]1CCC[C@H]1C(=O)N1CCN(c2ccccc2[N+](=O)[O-])CC1. The summed E-state index contributed by atoms with van der Waals surface area (Å²) in [6, 6.07) is 6.78. The van der Waals surface area contributed by atoms with E-state index in [1.807, 2.05) is 15.9 Å². The Kier molecular flexibility index (Phi) is 4.99. The molecule has 1 aromatic carbocycles. The second kappa shape index (κ2) is 7.17. The zero-order chi connectivity index (χ0) is 17.1. The number of hydrogen-bond donors (Lipinski definition) is 1. The molecule has 24 heavy (non-hydrogen) atoms. The molecule has 1 aliphatic heterocycles. The Morgan fingerprint density at radius 3 is 2.58 bits per heavy atom. The first-order valence-electron chi connectivity index (χ1n) is 8.59. The van der Waals surface area contributed by atoms with Crippen molar-refractivity contribution in [3.63, 3.8) is 0 Å². The molecule has 130 valence electrons. The van der Waals surface area contributed by atoms with Crippen LogP contribution in [0.15, 0.2) is 24.3 Å². The normalized spacial score (nSPS) is 24.2. The Bertz CT molecular complexity index is 614. The van der Waals surface area contributed by atoms with Crippen molar-refractivity contribution < 1.29 is 9.72 Å². The Balaban J connectivity index is 1.64. The highest BCUT2D eigenvalue weighted by Gasteiger charge is 2.36. The number of para-hydroxylation sites is 2. The van der Waals surface area contributed by atoms with Crippen molar-refractivity contribution in [3.8, 4) is 0 Å². The van der Waals surface area contributed by atoms with Crippen LogP contribution in [0.2, 0.25) is 0 Å². The molecule has 1 saturated heterocycles. The van der Waals surface area contributed by atoms with Gasteiger partial charge in [0.1, 0.15) is 5.69 Å². The zero-order valence-electron chi connectivity index (χ0n) is 13.8. The van der Waals surface area contributed by atoms with Crippen LogP contribution < -0.4 is 10.6 Å². The Labute approximate surface area is 141 Å². The lowest BCUT2D eigenvalue weighted by atomic mass is 9.94. The smallest absolute Gasteiger partial charge is 0.292 e. The van der Waals surface area contributed by atoms with Gasteiger partial charge in [0, 0.05) is 38.2 Å². The van der Waals surface area contributed by atoms with Crippen molar-refractivity contribution in [1.29, 1.82) is 0 Å². The number of amides is 1. The molecule has 7 nitrogen and oxygen atoms in total. The predicted octanol–water partition coefficient (Wildman–Crippen LogP) is 1.62. The van der Waals surface area contributed by atoms with Crippen molar-refractivity contribution in [2.75, 3.05) is 37.6 Å². The van der Waals surface area contributed by atoms with Gasteiger partial charge in [-0.25, -0.2) is 0 Å². The lowest BCUT2D eigenvalue weighted by Gasteiger charge is -2.37. The second-order valence-corrected chi connectivity index (χ2v) is 6.59. The molecule has 1 amide bonds. The van der Waals surface area contributed by atoms with Crippen molar-refractivity contribution in [3.05, 3.63) is 34.4 Å². The molecule has 1 heterocycles. The lowest BCUT2D eigenvalue weighted by Crippen LogP contribution is -2.51. The fraction of sp³-hybridized carbons (Fsp3) is 0.588. The van der Waals surface area contributed by atoms with E-state index in [2.05, 4.69) is 0 Å². The van der Waals surface area contributed by atoms with Crippen molar-refractivity contribution >= 4 is 17.3 Å². The predicted molar refractivity (Wildman–Crippen MR) is 91.8 cm³/mol. The van der Waals surface area contributed by atoms with Crippen molar-refractivity contribution in [1.82, 2.24) is 4.90 Å². The molecule has 0 unspecified atom stereocenters. The number of nitrogens with two attached hydrogens (primary N) is 1. The molecular weight excluding hydrogens is 308 g/mol. The number of nitrogens with zero attached hydrogens (tertiary/aromatic N) is 3. The van der Waals surface area contributed by atoms with Crippen molar-refractivity contribution in [2.24, 2.45) is 17.6 Å². The fourth-order valence-electron chi connectivity index (χ4n) is 3.93. The fourth-order valence-corrected chi connectivity index (χ4v) is 3.93. The molecular formula is C17H24N4O3. The van der Waals surface area contributed by atoms with Crippen LogP contribution in [0.5, 0.6) is 0 Å². The van der Waals surface area contributed by atoms with Crippen LogP contribution in [-0.2, 0) is 4.79 Å². The average Bonchev–Trinajstić information content (AvgIpc) is 3.10. The van der Waals surface area contributed by atoms with E-state index < -0.39 is 0 Å². The van der Waals surface area contributed by atoms with E-state index in [0.717, 1.165) is 19.3 Å². The minimum Gasteiger partial charge on any atom is -0.362 e. The summed E-state index contributed by atoms with van der Waals surface area (Å²) in [5.41, 5.74) is 6.55. The quantitative estimate of drug-likeness (QED) is 0.668. The van der Waals surface area contributed by atoms with Crippen LogP contribution in [0.1, 0.15) is 19.3 Å². The number of benzene rings is 1. The van der Waals surface area contributed by atoms with Gasteiger partial charge >= 0.3 is 0 Å². The molecule has 0 radical (unpaired) electrons. The van der Waals surface area contributed by atoms with E-state index >= 15 is 0 Å². The van der Waals surface area contributed by atoms with Crippen LogP contribution >= 0.6 is 0 Å². The van der Waals surface area contributed by atoms with Crippen LogP contribution in [-0.4, -0.2) is 48.5 Å². The molecule has 1 saturated carbocycles. The highest BCUT2D eigenvalue weighted by molar-refractivity contribution is 5.80. The molecule has 1 aromatic rings. The third-order valence-corrected chi connectivity index (χ3v) is 5.29. The van der Waals surface area contributed by atoms with E-state index in [9.17, 15) is 14.9 Å². The molecule has 0 bridgehead atoms. The molecule has 0 spiro atoms. The summed E-state index contributed by atoms with van der Waals surface area (Å²) in [5, 5.41) is 11.2. The maximum atomic E-state index is 12.7. The monoisotopic (exact) mass is 332 g/mol. The molecule has 3 rings (SSSR count). The van der Waals surface area contributed by atoms with Gasteiger partial charge in [0.15, 0.2) is 0 Å². The Morgan fingerprint density at radius 1 is 1.21 bits per heavy atom. The van der Waals surface area contributed by atoms with E-state index in [1.165, 1.54) is 6.07 Å². The molecule has 7 heteroatoms. The Morgan fingerprint density at radius 2 is 1.92 bits per heavy atom. The molecule has 2 fully saturated rings. The first kappa shape index (κ1) is 16.7. The topological polar surface area (TPSA) is 92.7 Å². The third kappa shape index (κ3) is 3.21. The molecule has 2 N–H and O–H groups in total. The maximum absolute atomic E-state index is 12.7. The number of piperazine rings is 1. The number of anilines is 1. The van der Waals surface area contributed by atoms with Gasteiger partial charge in [-0.3, -0.25) is 14.9 Å². The minimum atomic E-state index is -0.350. The number of carbonyl (C=O) groups excluding carboxylic acids is 1. The summed E-state index contributed by atoms with van der Waals surface area (Å²) < 4.78 is 0. The number of nitro groups is 1. The van der Waals surface area contributed by atoms with E-state index in [4.69, 9.17) is 5.73 Å². The first-order valence-corrected chi connectivity index (χ1v) is 8.59.